The largest absolute Gasteiger partial charge is 0.443 e. The number of rotatable bonds is 2. The molecule has 1 aromatic carbocycles. The van der Waals surface area contributed by atoms with E-state index in [1.807, 2.05) is 20.8 Å². The Balaban J connectivity index is 2.38. The Hall–Kier alpha value is -1.81. The summed E-state index contributed by atoms with van der Waals surface area (Å²) in [5.74, 6) is 0.0313. The van der Waals surface area contributed by atoms with Gasteiger partial charge in [0.15, 0.2) is 5.78 Å². The van der Waals surface area contributed by atoms with Crippen LogP contribution in [0.1, 0.15) is 40.0 Å². The van der Waals surface area contributed by atoms with Crippen molar-refractivity contribution in [2.45, 2.75) is 45.6 Å². The number of nitrogens with zero attached hydrogens (tertiary/aromatic N) is 1. The van der Waals surface area contributed by atoms with E-state index in [9.17, 15) is 9.59 Å². The van der Waals surface area contributed by atoms with Gasteiger partial charge in [-0.2, -0.15) is 0 Å². The average Bonchev–Trinajstić information content (AvgIpc) is 2.39. The maximum atomic E-state index is 12.6. The highest BCUT2D eigenvalue weighted by molar-refractivity contribution is 6.30. The van der Waals surface area contributed by atoms with Gasteiger partial charge in [-0.15, -0.1) is 0 Å². The van der Waals surface area contributed by atoms with Crippen LogP contribution in [0.5, 0.6) is 0 Å². The van der Waals surface area contributed by atoms with Gasteiger partial charge in [0.25, 0.3) is 0 Å². The summed E-state index contributed by atoms with van der Waals surface area (Å²) in [6.07, 6.45) is 2.95. The molecule has 0 aromatic heterocycles. The molecule has 0 saturated carbocycles. The number of amides is 1. The summed E-state index contributed by atoms with van der Waals surface area (Å²) < 4.78 is 5.47. The van der Waals surface area contributed by atoms with Crippen LogP contribution in [0.15, 0.2) is 36.0 Å². The van der Waals surface area contributed by atoms with Crippen LogP contribution in [0.2, 0.25) is 5.02 Å². The summed E-state index contributed by atoms with van der Waals surface area (Å²) in [5, 5.41) is 0.585. The molecule has 0 atom stereocenters. The normalized spacial score (nSPS) is 15.3. The fraction of sp³-hybridized carbons (Fsp3) is 0.412. The smallest absolute Gasteiger partial charge is 0.419 e. The lowest BCUT2D eigenvalue weighted by Gasteiger charge is -2.30. The van der Waals surface area contributed by atoms with E-state index in [4.69, 9.17) is 16.3 Å². The molecule has 0 aliphatic heterocycles. The first-order valence-electron chi connectivity index (χ1n) is 7.28. The van der Waals surface area contributed by atoms with Gasteiger partial charge < -0.3 is 4.74 Å². The third kappa shape index (κ3) is 4.34. The summed E-state index contributed by atoms with van der Waals surface area (Å²) in [7, 11) is 0. The molecule has 0 fully saturated rings. The summed E-state index contributed by atoms with van der Waals surface area (Å²) >= 11 is 5.91. The quantitative estimate of drug-likeness (QED) is 0.792. The molecule has 22 heavy (non-hydrogen) atoms. The van der Waals surface area contributed by atoms with Crippen LogP contribution in [0.4, 0.5) is 10.5 Å². The zero-order valence-corrected chi connectivity index (χ0v) is 13.8. The zero-order valence-electron chi connectivity index (χ0n) is 13.1. The Morgan fingerprint density at radius 2 is 1.82 bits per heavy atom. The third-order valence-electron chi connectivity index (χ3n) is 3.13. The topological polar surface area (TPSA) is 46.6 Å². The molecule has 5 heteroatoms. The first kappa shape index (κ1) is 16.6. The zero-order chi connectivity index (χ0) is 16.3. The van der Waals surface area contributed by atoms with Crippen molar-refractivity contribution in [3.8, 4) is 0 Å². The molecule has 118 valence electrons. The van der Waals surface area contributed by atoms with Gasteiger partial charge in [-0.05, 0) is 57.9 Å². The highest BCUT2D eigenvalue weighted by Crippen LogP contribution is 2.28. The number of carbonyl (C=O) groups excluding carboxylic acids is 2. The molecule has 0 unspecified atom stereocenters. The number of ketones is 1. The first-order valence-corrected chi connectivity index (χ1v) is 7.66. The lowest BCUT2D eigenvalue weighted by Crippen LogP contribution is -2.37. The van der Waals surface area contributed by atoms with Crippen LogP contribution >= 0.6 is 11.6 Å². The lowest BCUT2D eigenvalue weighted by molar-refractivity contribution is -0.115. The number of anilines is 1. The maximum absolute atomic E-state index is 12.6. The van der Waals surface area contributed by atoms with Crippen LogP contribution in [0.25, 0.3) is 0 Å². The SMILES string of the molecule is CC(C)(C)OC(=O)N(C1=CC(=O)CCC1)c1ccc(Cl)cc1. The third-order valence-corrected chi connectivity index (χ3v) is 3.38. The minimum absolute atomic E-state index is 0.0313. The second-order valence-electron chi connectivity index (χ2n) is 6.25. The van der Waals surface area contributed by atoms with Gasteiger partial charge in [-0.25, -0.2) is 4.79 Å². The highest BCUT2D eigenvalue weighted by Gasteiger charge is 2.28. The van der Waals surface area contributed by atoms with Gasteiger partial charge in [0.1, 0.15) is 5.60 Å². The highest BCUT2D eigenvalue weighted by atomic mass is 35.5. The van der Waals surface area contributed by atoms with E-state index in [1.54, 1.807) is 24.3 Å². The van der Waals surface area contributed by atoms with Crippen molar-refractivity contribution in [2.24, 2.45) is 0 Å². The van der Waals surface area contributed by atoms with E-state index >= 15 is 0 Å². The Morgan fingerprint density at radius 3 is 2.36 bits per heavy atom. The van der Waals surface area contributed by atoms with Crippen molar-refractivity contribution in [3.05, 3.63) is 41.1 Å². The van der Waals surface area contributed by atoms with Crippen molar-refractivity contribution in [1.82, 2.24) is 0 Å². The summed E-state index contributed by atoms with van der Waals surface area (Å²) in [4.78, 5) is 25.7. The van der Waals surface area contributed by atoms with Crippen molar-refractivity contribution < 1.29 is 14.3 Å². The molecule has 0 spiro atoms. The number of ether oxygens (including phenoxy) is 1. The van der Waals surface area contributed by atoms with Gasteiger partial charge in [0, 0.05) is 23.2 Å². The summed E-state index contributed by atoms with van der Waals surface area (Å²) in [6.45, 7) is 5.43. The average molecular weight is 322 g/mol. The van der Waals surface area contributed by atoms with Crippen LogP contribution in [0.3, 0.4) is 0 Å². The number of hydrogen-bond acceptors (Lipinski definition) is 3. The van der Waals surface area contributed by atoms with Crippen LogP contribution < -0.4 is 4.90 Å². The molecular formula is C17H20ClNO3. The monoisotopic (exact) mass is 321 g/mol. The van der Waals surface area contributed by atoms with Gasteiger partial charge in [-0.3, -0.25) is 9.69 Å². The Morgan fingerprint density at radius 1 is 1.18 bits per heavy atom. The summed E-state index contributed by atoms with van der Waals surface area (Å²) in [5.41, 5.74) is 0.688. The van der Waals surface area contributed by atoms with Crippen LogP contribution in [-0.4, -0.2) is 17.5 Å². The minimum atomic E-state index is -0.610. The van der Waals surface area contributed by atoms with Crippen LogP contribution in [0, 0.1) is 0 Å². The molecule has 1 aliphatic rings. The molecule has 0 radical (unpaired) electrons. The van der Waals surface area contributed by atoms with Gasteiger partial charge in [0.05, 0.1) is 5.69 Å². The van der Waals surface area contributed by atoms with Gasteiger partial charge >= 0.3 is 6.09 Å². The molecule has 2 rings (SSSR count). The van der Waals surface area contributed by atoms with Gasteiger partial charge in [0.2, 0.25) is 0 Å². The van der Waals surface area contributed by atoms with E-state index in [0.717, 1.165) is 6.42 Å². The van der Waals surface area contributed by atoms with Crippen molar-refractivity contribution in [1.29, 1.82) is 0 Å². The van der Waals surface area contributed by atoms with Crippen molar-refractivity contribution in [2.75, 3.05) is 4.90 Å². The predicted octanol–water partition coefficient (Wildman–Crippen LogP) is 4.72. The van der Waals surface area contributed by atoms with E-state index in [0.29, 0.717) is 29.2 Å². The molecule has 1 aromatic rings. The van der Waals surface area contributed by atoms with E-state index < -0.39 is 11.7 Å². The maximum Gasteiger partial charge on any atom is 0.419 e. The molecule has 1 aliphatic carbocycles. The molecule has 4 nitrogen and oxygen atoms in total. The molecule has 0 saturated heterocycles. The first-order chi connectivity index (χ1) is 10.3. The lowest BCUT2D eigenvalue weighted by atomic mass is 10.0. The van der Waals surface area contributed by atoms with E-state index in [2.05, 4.69) is 0 Å². The number of benzene rings is 1. The van der Waals surface area contributed by atoms with Crippen molar-refractivity contribution >= 4 is 29.2 Å². The second-order valence-corrected chi connectivity index (χ2v) is 6.68. The molecular weight excluding hydrogens is 302 g/mol. The van der Waals surface area contributed by atoms with Crippen LogP contribution in [-0.2, 0) is 9.53 Å². The molecule has 1 amide bonds. The van der Waals surface area contributed by atoms with E-state index in [1.165, 1.54) is 11.0 Å². The Bertz CT molecular complexity index is 599. The number of hydrogen-bond donors (Lipinski definition) is 0. The predicted molar refractivity (Wildman–Crippen MR) is 87.1 cm³/mol. The standard InChI is InChI=1S/C17H20ClNO3/c1-17(2,3)22-16(21)19(13-9-7-12(18)8-10-13)14-5-4-6-15(20)11-14/h7-11H,4-6H2,1-3H3. The number of halogens is 1. The number of allylic oxidation sites excluding steroid dienone is 2. The molecule has 0 heterocycles. The fourth-order valence-electron chi connectivity index (χ4n) is 2.24. The molecule has 0 N–H and O–H groups in total. The number of carbonyl (C=O) groups is 2. The second kappa shape index (κ2) is 6.53. The Kier molecular flexibility index (Phi) is 4.91. The fourth-order valence-corrected chi connectivity index (χ4v) is 2.36. The minimum Gasteiger partial charge on any atom is -0.443 e. The van der Waals surface area contributed by atoms with E-state index in [-0.39, 0.29) is 5.78 Å². The molecule has 0 bridgehead atoms. The Labute approximate surface area is 135 Å². The summed E-state index contributed by atoms with van der Waals surface area (Å²) in [6, 6.07) is 6.90. The van der Waals surface area contributed by atoms with Crippen molar-refractivity contribution in [3.63, 3.8) is 0 Å². The van der Waals surface area contributed by atoms with Gasteiger partial charge in [-0.1, -0.05) is 11.6 Å².